The molecule has 1 heteroatoms. The second-order valence-electron chi connectivity index (χ2n) is 5.99. The lowest BCUT2D eigenvalue weighted by Gasteiger charge is -2.23. The zero-order valence-corrected chi connectivity index (χ0v) is 11.9. The summed E-state index contributed by atoms with van der Waals surface area (Å²) in [4.78, 5) is 0. The van der Waals surface area contributed by atoms with Crippen molar-refractivity contribution < 1.29 is 5.11 Å². The van der Waals surface area contributed by atoms with E-state index < -0.39 is 0 Å². The second kappa shape index (κ2) is 5.68. The van der Waals surface area contributed by atoms with Crippen molar-refractivity contribution in [2.75, 3.05) is 6.61 Å². The fraction of sp³-hybridized carbons (Fsp3) is 0.625. The van der Waals surface area contributed by atoms with Gasteiger partial charge < -0.3 is 5.11 Å². The number of benzene rings is 1. The van der Waals surface area contributed by atoms with Crippen LogP contribution in [-0.4, -0.2) is 11.7 Å². The summed E-state index contributed by atoms with van der Waals surface area (Å²) in [6.07, 6.45) is 2.18. The number of rotatable bonds is 4. The highest BCUT2D eigenvalue weighted by Crippen LogP contribution is 2.30. The van der Waals surface area contributed by atoms with Gasteiger partial charge >= 0.3 is 0 Å². The van der Waals surface area contributed by atoms with Gasteiger partial charge in [-0.05, 0) is 35.4 Å². The van der Waals surface area contributed by atoms with Crippen molar-refractivity contribution in [3.63, 3.8) is 0 Å². The maximum atomic E-state index is 9.53. The van der Waals surface area contributed by atoms with Crippen molar-refractivity contribution in [3.8, 4) is 0 Å². The first-order valence-corrected chi connectivity index (χ1v) is 6.62. The van der Waals surface area contributed by atoms with Gasteiger partial charge in [0.1, 0.15) is 0 Å². The molecule has 0 aromatic heterocycles. The van der Waals surface area contributed by atoms with Crippen molar-refractivity contribution in [3.05, 3.63) is 34.9 Å². The van der Waals surface area contributed by atoms with E-state index in [9.17, 15) is 5.11 Å². The van der Waals surface area contributed by atoms with E-state index in [0.717, 1.165) is 12.8 Å². The zero-order valence-electron chi connectivity index (χ0n) is 11.9. The Morgan fingerprint density at radius 2 is 1.88 bits per heavy atom. The fourth-order valence-corrected chi connectivity index (χ4v) is 2.24. The summed E-state index contributed by atoms with van der Waals surface area (Å²) in [6.45, 7) is 11.3. The summed E-state index contributed by atoms with van der Waals surface area (Å²) in [6, 6.07) is 6.68. The Morgan fingerprint density at radius 1 is 1.24 bits per heavy atom. The van der Waals surface area contributed by atoms with E-state index in [-0.39, 0.29) is 12.0 Å². The van der Waals surface area contributed by atoms with Crippen molar-refractivity contribution in [1.29, 1.82) is 0 Å². The van der Waals surface area contributed by atoms with Crippen LogP contribution in [-0.2, 0) is 5.41 Å². The molecule has 0 spiro atoms. The van der Waals surface area contributed by atoms with E-state index in [0.29, 0.717) is 5.92 Å². The first-order valence-electron chi connectivity index (χ1n) is 6.62. The Labute approximate surface area is 106 Å². The molecule has 0 aliphatic rings. The monoisotopic (exact) mass is 234 g/mol. The third kappa shape index (κ3) is 3.57. The maximum Gasteiger partial charge on any atom is 0.0499 e. The van der Waals surface area contributed by atoms with Gasteiger partial charge in [-0.25, -0.2) is 0 Å². The lowest BCUT2D eigenvalue weighted by atomic mass is 9.82. The number of aryl methyl sites for hydroxylation is 1. The van der Waals surface area contributed by atoms with Crippen LogP contribution in [0.2, 0.25) is 0 Å². The second-order valence-corrected chi connectivity index (χ2v) is 5.99. The van der Waals surface area contributed by atoms with Gasteiger partial charge in [0.2, 0.25) is 0 Å². The molecule has 0 heterocycles. The molecule has 1 atom stereocenters. The molecular weight excluding hydrogens is 208 g/mol. The van der Waals surface area contributed by atoms with Crippen molar-refractivity contribution >= 4 is 0 Å². The highest BCUT2D eigenvalue weighted by molar-refractivity contribution is 5.36. The molecule has 0 amide bonds. The van der Waals surface area contributed by atoms with Crippen LogP contribution in [0.3, 0.4) is 0 Å². The Balaban J connectivity index is 3.13. The van der Waals surface area contributed by atoms with Crippen LogP contribution in [0.5, 0.6) is 0 Å². The molecule has 0 radical (unpaired) electrons. The van der Waals surface area contributed by atoms with Crippen LogP contribution in [0.1, 0.15) is 63.1 Å². The molecule has 0 saturated carbocycles. The summed E-state index contributed by atoms with van der Waals surface area (Å²) >= 11 is 0. The van der Waals surface area contributed by atoms with E-state index >= 15 is 0 Å². The van der Waals surface area contributed by atoms with Crippen molar-refractivity contribution in [2.24, 2.45) is 0 Å². The molecule has 1 aromatic carbocycles. The van der Waals surface area contributed by atoms with Crippen LogP contribution in [0, 0.1) is 6.92 Å². The third-order valence-corrected chi connectivity index (χ3v) is 3.44. The van der Waals surface area contributed by atoms with Gasteiger partial charge in [-0.15, -0.1) is 0 Å². The van der Waals surface area contributed by atoms with E-state index in [4.69, 9.17) is 0 Å². The third-order valence-electron chi connectivity index (χ3n) is 3.44. The maximum absolute atomic E-state index is 9.53. The number of hydrogen-bond acceptors (Lipinski definition) is 1. The summed E-state index contributed by atoms with van der Waals surface area (Å²) in [5.74, 6) is 0.294. The smallest absolute Gasteiger partial charge is 0.0499 e. The lowest BCUT2D eigenvalue weighted by molar-refractivity contribution is 0.258. The summed E-state index contributed by atoms with van der Waals surface area (Å²) < 4.78 is 0. The standard InChI is InChI=1S/C16H26O/c1-6-7-13(11-17)15-10-14(16(3,4)5)9-8-12(15)2/h8-10,13,17H,6-7,11H2,1-5H3. The Kier molecular flexibility index (Phi) is 4.76. The number of aliphatic hydroxyl groups excluding tert-OH is 1. The molecule has 0 bridgehead atoms. The molecule has 0 saturated heterocycles. The minimum Gasteiger partial charge on any atom is -0.396 e. The van der Waals surface area contributed by atoms with E-state index in [1.165, 1.54) is 16.7 Å². The molecule has 0 aliphatic heterocycles. The van der Waals surface area contributed by atoms with Gasteiger partial charge in [-0.1, -0.05) is 52.3 Å². The summed E-state index contributed by atoms with van der Waals surface area (Å²) in [7, 11) is 0. The Hall–Kier alpha value is -0.820. The Morgan fingerprint density at radius 3 is 2.35 bits per heavy atom. The normalized spacial score (nSPS) is 13.8. The summed E-state index contributed by atoms with van der Waals surface area (Å²) in [5, 5.41) is 9.53. The molecular formula is C16H26O. The lowest BCUT2D eigenvalue weighted by Crippen LogP contribution is -2.13. The van der Waals surface area contributed by atoms with Gasteiger partial charge in [0, 0.05) is 12.5 Å². The van der Waals surface area contributed by atoms with Crippen LogP contribution < -0.4 is 0 Å². The number of hydrogen-bond donors (Lipinski definition) is 1. The average Bonchev–Trinajstić information content (AvgIpc) is 2.25. The Bertz CT molecular complexity index is 360. The van der Waals surface area contributed by atoms with E-state index in [2.05, 4.69) is 52.8 Å². The minimum atomic E-state index is 0.175. The van der Waals surface area contributed by atoms with Crippen LogP contribution in [0.4, 0.5) is 0 Å². The zero-order chi connectivity index (χ0) is 13.1. The minimum absolute atomic E-state index is 0.175. The van der Waals surface area contributed by atoms with Crippen LogP contribution in [0.15, 0.2) is 18.2 Å². The highest BCUT2D eigenvalue weighted by atomic mass is 16.3. The molecule has 1 aromatic rings. The molecule has 96 valence electrons. The molecule has 0 aliphatic carbocycles. The van der Waals surface area contributed by atoms with E-state index in [1.54, 1.807) is 0 Å². The van der Waals surface area contributed by atoms with Gasteiger partial charge in [-0.2, -0.15) is 0 Å². The highest BCUT2D eigenvalue weighted by Gasteiger charge is 2.18. The SMILES string of the molecule is CCCC(CO)c1cc(C(C)(C)C)ccc1C. The predicted octanol–water partition coefficient (Wildman–Crippen LogP) is 4.17. The van der Waals surface area contributed by atoms with Gasteiger partial charge in [0.25, 0.3) is 0 Å². The van der Waals surface area contributed by atoms with Crippen LogP contribution >= 0.6 is 0 Å². The fourth-order valence-electron chi connectivity index (χ4n) is 2.24. The summed E-state index contributed by atoms with van der Waals surface area (Å²) in [5.41, 5.74) is 4.15. The molecule has 1 N–H and O–H groups in total. The van der Waals surface area contributed by atoms with Crippen LogP contribution in [0.25, 0.3) is 0 Å². The van der Waals surface area contributed by atoms with Crippen molar-refractivity contribution in [1.82, 2.24) is 0 Å². The van der Waals surface area contributed by atoms with Gasteiger partial charge in [0.15, 0.2) is 0 Å². The van der Waals surface area contributed by atoms with Crippen molar-refractivity contribution in [2.45, 2.75) is 58.8 Å². The topological polar surface area (TPSA) is 20.2 Å². The molecule has 17 heavy (non-hydrogen) atoms. The first kappa shape index (κ1) is 14.2. The average molecular weight is 234 g/mol. The van der Waals surface area contributed by atoms with Gasteiger partial charge in [0.05, 0.1) is 0 Å². The largest absolute Gasteiger partial charge is 0.396 e. The molecule has 0 fully saturated rings. The predicted molar refractivity (Wildman–Crippen MR) is 74.6 cm³/mol. The molecule has 1 unspecified atom stereocenters. The van der Waals surface area contributed by atoms with Gasteiger partial charge in [-0.3, -0.25) is 0 Å². The quantitative estimate of drug-likeness (QED) is 0.829. The molecule has 1 nitrogen and oxygen atoms in total. The van der Waals surface area contributed by atoms with E-state index in [1.807, 2.05) is 0 Å². The molecule has 1 rings (SSSR count). The number of aliphatic hydroxyl groups is 1. The first-order chi connectivity index (χ1) is 7.90.